The summed E-state index contributed by atoms with van der Waals surface area (Å²) in [6.07, 6.45) is 2.57. The maximum Gasteiger partial charge on any atom is 0.223 e. The van der Waals surface area contributed by atoms with Crippen LogP contribution in [-0.4, -0.2) is 35.3 Å². The minimum absolute atomic E-state index is 0.128. The Bertz CT molecular complexity index is 810. The van der Waals surface area contributed by atoms with E-state index in [4.69, 9.17) is 0 Å². The van der Waals surface area contributed by atoms with Gasteiger partial charge in [-0.05, 0) is 35.8 Å². The van der Waals surface area contributed by atoms with E-state index >= 15 is 0 Å². The highest BCUT2D eigenvalue weighted by molar-refractivity contribution is 7.13. The highest BCUT2D eigenvalue weighted by Gasteiger charge is 2.26. The predicted molar refractivity (Wildman–Crippen MR) is 154 cm³/mol. The molecule has 0 unspecified atom stereocenters. The molecule has 0 spiro atoms. The first-order valence-electron chi connectivity index (χ1n) is 12.6. The van der Waals surface area contributed by atoms with Crippen molar-refractivity contribution in [1.82, 2.24) is 15.2 Å². The third-order valence-electron chi connectivity index (χ3n) is 4.81. The van der Waals surface area contributed by atoms with Gasteiger partial charge >= 0.3 is 0 Å². The van der Waals surface area contributed by atoms with E-state index in [1.54, 1.807) is 11.3 Å². The Morgan fingerprint density at radius 2 is 1.74 bits per heavy atom. The van der Waals surface area contributed by atoms with Gasteiger partial charge in [-0.15, -0.1) is 24.5 Å². The topological polar surface area (TPSA) is 62.3 Å². The number of nitrogens with zero attached hydrogens (tertiary/aromatic N) is 2. The number of hydrogen-bond acceptors (Lipinski definition) is 4. The Morgan fingerprint density at radius 1 is 1.17 bits per heavy atom. The van der Waals surface area contributed by atoms with E-state index in [1.165, 1.54) is 16.9 Å². The molecular weight excluding hydrogens is 454 g/mol. The molecule has 2 heterocycles. The van der Waals surface area contributed by atoms with Crippen LogP contribution in [0, 0.1) is 18.3 Å². The van der Waals surface area contributed by atoms with Crippen LogP contribution >= 0.6 is 11.3 Å². The van der Waals surface area contributed by atoms with Crippen molar-refractivity contribution in [2.75, 3.05) is 13.1 Å². The van der Waals surface area contributed by atoms with Crippen LogP contribution in [0.5, 0.6) is 0 Å². The Balaban J connectivity index is 0. The highest BCUT2D eigenvalue weighted by atomic mass is 32.1. The number of amides is 2. The largest absolute Gasteiger partial charge is 0.355 e. The molecule has 35 heavy (non-hydrogen) atoms. The standard InChI is InChI=1S/C12H12N2OS.C11H21NO.2C2H6.C2H4/c1-9-12(16-8-14-9)11-4-2-10(3-5-11)6-13-7-15;1-9-5-6-12(8-9)10(13)7-11(2,3)4;3*1-2/h2-5,7-8H,6H2,1H3,(H,13,15);9H,5-8H2,1-4H3;2*1-2H3;1-2H2/t;9-;;;/m.1.../s1. The first-order valence-corrected chi connectivity index (χ1v) is 13.5. The minimum atomic E-state index is 0.128. The van der Waals surface area contributed by atoms with Crippen LogP contribution in [0.15, 0.2) is 42.9 Å². The van der Waals surface area contributed by atoms with Crippen molar-refractivity contribution < 1.29 is 9.59 Å². The molecular formula is C29H49N3O2S. The van der Waals surface area contributed by atoms with Gasteiger partial charge in [-0.3, -0.25) is 9.59 Å². The summed E-state index contributed by atoms with van der Waals surface area (Å²) in [5.74, 6) is 1.03. The smallest absolute Gasteiger partial charge is 0.223 e. The quantitative estimate of drug-likeness (QED) is 0.339. The van der Waals surface area contributed by atoms with E-state index in [0.29, 0.717) is 31.2 Å². The number of aryl methyl sites for hydroxylation is 1. The first-order chi connectivity index (χ1) is 16.7. The fourth-order valence-corrected chi connectivity index (χ4v) is 4.05. The molecule has 198 valence electrons. The Kier molecular flexibility index (Phi) is 19.6. The van der Waals surface area contributed by atoms with Crippen LogP contribution in [0.3, 0.4) is 0 Å². The summed E-state index contributed by atoms with van der Waals surface area (Å²) in [4.78, 5) is 29.3. The molecule has 5 nitrogen and oxygen atoms in total. The van der Waals surface area contributed by atoms with E-state index in [1.807, 2.05) is 57.2 Å². The van der Waals surface area contributed by atoms with E-state index in [-0.39, 0.29) is 5.41 Å². The molecule has 2 amide bonds. The third kappa shape index (κ3) is 14.5. The van der Waals surface area contributed by atoms with Gasteiger partial charge in [-0.2, -0.15) is 0 Å². The zero-order chi connectivity index (χ0) is 27.4. The maximum absolute atomic E-state index is 11.7. The summed E-state index contributed by atoms with van der Waals surface area (Å²) in [6.45, 7) is 27.1. The number of benzene rings is 1. The van der Waals surface area contributed by atoms with Crippen molar-refractivity contribution in [1.29, 1.82) is 0 Å². The fourth-order valence-electron chi connectivity index (χ4n) is 3.24. The molecule has 1 saturated heterocycles. The second-order valence-electron chi connectivity index (χ2n) is 8.93. The first kappa shape index (κ1) is 34.7. The number of likely N-dealkylation sites (tertiary alicyclic amines) is 1. The number of nitrogens with one attached hydrogen (secondary N) is 1. The molecule has 0 radical (unpaired) electrons. The molecule has 1 aromatic carbocycles. The lowest BCUT2D eigenvalue weighted by atomic mass is 9.92. The number of hydrogen-bond donors (Lipinski definition) is 1. The van der Waals surface area contributed by atoms with Crippen LogP contribution in [0.25, 0.3) is 10.4 Å². The molecule has 1 atom stereocenters. The predicted octanol–water partition coefficient (Wildman–Crippen LogP) is 7.51. The van der Waals surface area contributed by atoms with Crippen molar-refractivity contribution in [2.24, 2.45) is 11.3 Å². The second-order valence-corrected chi connectivity index (χ2v) is 9.79. The Labute approximate surface area is 219 Å². The van der Waals surface area contributed by atoms with Gasteiger partial charge in [-0.25, -0.2) is 4.98 Å². The van der Waals surface area contributed by atoms with Gasteiger partial charge in [0.2, 0.25) is 12.3 Å². The second kappa shape index (κ2) is 19.8. The lowest BCUT2D eigenvalue weighted by Gasteiger charge is -2.22. The van der Waals surface area contributed by atoms with Crippen LogP contribution in [0.2, 0.25) is 0 Å². The highest BCUT2D eigenvalue weighted by Crippen LogP contribution is 2.27. The average Bonchev–Trinajstić information content (AvgIpc) is 3.49. The van der Waals surface area contributed by atoms with E-state index in [0.717, 1.165) is 24.3 Å². The summed E-state index contributed by atoms with van der Waals surface area (Å²) < 4.78 is 0. The molecule has 1 aromatic heterocycles. The number of carbonyl (C=O) groups is 2. The Hall–Kier alpha value is -2.47. The molecule has 2 aromatic rings. The van der Waals surface area contributed by atoms with Crippen LogP contribution < -0.4 is 5.32 Å². The molecule has 1 fully saturated rings. The molecule has 0 bridgehead atoms. The van der Waals surface area contributed by atoms with E-state index in [9.17, 15) is 9.59 Å². The van der Waals surface area contributed by atoms with Crippen molar-refractivity contribution in [3.63, 3.8) is 0 Å². The summed E-state index contributed by atoms with van der Waals surface area (Å²) >= 11 is 1.64. The lowest BCUT2D eigenvalue weighted by Crippen LogP contribution is -2.31. The minimum Gasteiger partial charge on any atom is -0.355 e. The molecule has 1 aliphatic heterocycles. The van der Waals surface area contributed by atoms with Crippen LogP contribution in [-0.2, 0) is 16.1 Å². The SMILES string of the molecule is C=C.CC.CC.C[C@@H]1CCN(C(=O)CC(C)(C)C)C1.Cc1ncsc1-c1ccc(CNC=O)cc1. The molecule has 0 saturated carbocycles. The summed E-state index contributed by atoms with van der Waals surface area (Å²) in [5.41, 5.74) is 5.31. The zero-order valence-electron chi connectivity index (χ0n) is 23.6. The normalized spacial score (nSPS) is 13.9. The van der Waals surface area contributed by atoms with Gasteiger partial charge in [0.15, 0.2) is 0 Å². The van der Waals surface area contributed by atoms with Crippen molar-refractivity contribution in [3.8, 4) is 10.4 Å². The monoisotopic (exact) mass is 503 g/mol. The summed E-state index contributed by atoms with van der Waals surface area (Å²) in [5, 5.41) is 2.64. The molecule has 6 heteroatoms. The number of aromatic nitrogens is 1. The fraction of sp³-hybridized carbons (Fsp3) is 0.552. The summed E-state index contributed by atoms with van der Waals surface area (Å²) in [7, 11) is 0. The average molecular weight is 504 g/mol. The van der Waals surface area contributed by atoms with Crippen molar-refractivity contribution >= 4 is 23.7 Å². The van der Waals surface area contributed by atoms with Gasteiger partial charge < -0.3 is 10.2 Å². The van der Waals surface area contributed by atoms with E-state index < -0.39 is 0 Å². The molecule has 1 N–H and O–H groups in total. The van der Waals surface area contributed by atoms with Crippen molar-refractivity contribution in [3.05, 3.63) is 54.2 Å². The number of thiazole rings is 1. The number of rotatable bonds is 5. The van der Waals surface area contributed by atoms with Gasteiger partial charge in [0.25, 0.3) is 0 Å². The van der Waals surface area contributed by atoms with E-state index in [2.05, 4.69) is 63.3 Å². The molecule has 3 rings (SSSR count). The van der Waals surface area contributed by atoms with Gasteiger partial charge in [-0.1, -0.05) is 79.7 Å². The maximum atomic E-state index is 11.7. The Morgan fingerprint density at radius 3 is 2.14 bits per heavy atom. The van der Waals surface area contributed by atoms with Gasteiger partial charge in [0, 0.05) is 26.1 Å². The van der Waals surface area contributed by atoms with Crippen LogP contribution in [0.4, 0.5) is 0 Å². The number of carbonyl (C=O) groups excluding carboxylic acids is 2. The molecule has 0 aliphatic carbocycles. The third-order valence-corrected chi connectivity index (χ3v) is 5.79. The van der Waals surface area contributed by atoms with Crippen molar-refractivity contribution in [2.45, 2.75) is 81.7 Å². The van der Waals surface area contributed by atoms with Crippen LogP contribution in [0.1, 0.15) is 79.5 Å². The summed E-state index contributed by atoms with van der Waals surface area (Å²) in [6, 6.07) is 8.15. The zero-order valence-corrected chi connectivity index (χ0v) is 24.4. The molecule has 1 aliphatic rings. The van der Waals surface area contributed by atoms with Gasteiger partial charge in [0.1, 0.15) is 0 Å². The van der Waals surface area contributed by atoms with Gasteiger partial charge in [0.05, 0.1) is 16.1 Å². The lowest BCUT2D eigenvalue weighted by molar-refractivity contribution is -0.132.